The highest BCUT2D eigenvalue weighted by atomic mass is 16.5. The van der Waals surface area contributed by atoms with Crippen LogP contribution in [0, 0.1) is 22.7 Å². The fourth-order valence-corrected chi connectivity index (χ4v) is 5.29. The summed E-state index contributed by atoms with van der Waals surface area (Å²) in [6, 6.07) is 0. The SMILES string of the molecule is C[C@]12C=CC(=O)C=C1CC[C@@H]1[C@@H]2CC[C@]2(C)C(=O)CO[C@@H]12. The van der Waals surface area contributed by atoms with Gasteiger partial charge in [-0.2, -0.15) is 0 Å². The molecule has 4 rings (SSSR count). The Morgan fingerprint density at radius 2 is 2.05 bits per heavy atom. The maximum Gasteiger partial charge on any atom is 0.178 e. The van der Waals surface area contributed by atoms with Crippen LogP contribution in [-0.2, 0) is 14.3 Å². The second-order valence-corrected chi connectivity index (χ2v) is 7.61. The van der Waals surface area contributed by atoms with Gasteiger partial charge in [-0.1, -0.05) is 25.5 Å². The van der Waals surface area contributed by atoms with E-state index in [1.54, 1.807) is 6.08 Å². The highest BCUT2D eigenvalue weighted by molar-refractivity contribution is 6.01. The summed E-state index contributed by atoms with van der Waals surface area (Å²) in [5.74, 6) is 1.33. The number of Topliss-reactive ketones (excluding diaryl/α,β-unsaturated/α-hetero) is 1. The van der Waals surface area contributed by atoms with Gasteiger partial charge in [0.1, 0.15) is 6.61 Å². The van der Waals surface area contributed by atoms with Gasteiger partial charge < -0.3 is 4.74 Å². The zero-order valence-corrected chi connectivity index (χ0v) is 12.7. The lowest BCUT2D eigenvalue weighted by molar-refractivity contribution is -0.129. The maximum absolute atomic E-state index is 12.2. The summed E-state index contributed by atoms with van der Waals surface area (Å²) < 4.78 is 5.93. The predicted molar refractivity (Wildman–Crippen MR) is 78.6 cm³/mol. The van der Waals surface area contributed by atoms with Gasteiger partial charge in [0.25, 0.3) is 0 Å². The van der Waals surface area contributed by atoms with Crippen molar-refractivity contribution in [1.82, 2.24) is 0 Å². The van der Waals surface area contributed by atoms with E-state index in [0.29, 0.717) is 11.8 Å². The summed E-state index contributed by atoms with van der Waals surface area (Å²) >= 11 is 0. The average molecular weight is 286 g/mol. The Kier molecular flexibility index (Phi) is 2.66. The fourth-order valence-electron chi connectivity index (χ4n) is 5.29. The van der Waals surface area contributed by atoms with Crippen molar-refractivity contribution in [3.8, 4) is 0 Å². The zero-order chi connectivity index (χ0) is 14.8. The summed E-state index contributed by atoms with van der Waals surface area (Å²) in [4.78, 5) is 23.9. The first kappa shape index (κ1) is 13.4. The van der Waals surface area contributed by atoms with E-state index >= 15 is 0 Å². The van der Waals surface area contributed by atoms with Gasteiger partial charge in [-0.05, 0) is 49.7 Å². The van der Waals surface area contributed by atoms with Gasteiger partial charge in [-0.25, -0.2) is 0 Å². The average Bonchev–Trinajstić information content (AvgIpc) is 2.76. The Balaban J connectivity index is 1.72. The third-order valence-electron chi connectivity index (χ3n) is 6.66. The molecule has 1 aliphatic heterocycles. The van der Waals surface area contributed by atoms with Crippen LogP contribution in [0.1, 0.15) is 39.5 Å². The number of allylic oxidation sites excluding steroid dienone is 4. The van der Waals surface area contributed by atoms with E-state index < -0.39 is 0 Å². The molecule has 1 heterocycles. The van der Waals surface area contributed by atoms with E-state index in [9.17, 15) is 9.59 Å². The molecule has 3 nitrogen and oxygen atoms in total. The van der Waals surface area contributed by atoms with Crippen LogP contribution < -0.4 is 0 Å². The summed E-state index contributed by atoms with van der Waals surface area (Å²) in [7, 11) is 0. The van der Waals surface area contributed by atoms with Crippen molar-refractivity contribution in [3.05, 3.63) is 23.8 Å². The monoisotopic (exact) mass is 286 g/mol. The van der Waals surface area contributed by atoms with Crippen LogP contribution in [0.25, 0.3) is 0 Å². The van der Waals surface area contributed by atoms with Crippen LogP contribution in [0.2, 0.25) is 0 Å². The van der Waals surface area contributed by atoms with Crippen molar-refractivity contribution in [1.29, 1.82) is 0 Å². The molecule has 0 radical (unpaired) electrons. The summed E-state index contributed by atoms with van der Waals surface area (Å²) in [6.07, 6.45) is 9.72. The van der Waals surface area contributed by atoms with Crippen molar-refractivity contribution >= 4 is 11.6 Å². The van der Waals surface area contributed by atoms with Gasteiger partial charge in [-0.3, -0.25) is 9.59 Å². The van der Waals surface area contributed by atoms with Gasteiger partial charge in [0.2, 0.25) is 0 Å². The van der Waals surface area contributed by atoms with Crippen LogP contribution in [-0.4, -0.2) is 24.3 Å². The van der Waals surface area contributed by atoms with Crippen LogP contribution in [0.5, 0.6) is 0 Å². The molecule has 0 N–H and O–H groups in total. The molecule has 5 atom stereocenters. The lowest BCUT2D eigenvalue weighted by Crippen LogP contribution is -2.52. The second kappa shape index (κ2) is 4.16. The van der Waals surface area contributed by atoms with Gasteiger partial charge in [0, 0.05) is 5.41 Å². The van der Waals surface area contributed by atoms with E-state index in [1.807, 2.05) is 6.08 Å². The molecule has 0 amide bonds. The van der Waals surface area contributed by atoms with E-state index in [-0.39, 0.29) is 35.1 Å². The van der Waals surface area contributed by atoms with Crippen LogP contribution in [0.15, 0.2) is 23.8 Å². The predicted octanol–water partition coefficient (Wildman–Crippen LogP) is 2.85. The first-order valence-electron chi connectivity index (χ1n) is 8.04. The molecule has 4 aliphatic rings. The Bertz CT molecular complexity index is 587. The summed E-state index contributed by atoms with van der Waals surface area (Å²) in [6.45, 7) is 4.65. The normalized spacial score (nSPS) is 48.5. The molecule has 0 aromatic rings. The molecule has 0 bridgehead atoms. The van der Waals surface area contributed by atoms with Crippen molar-refractivity contribution < 1.29 is 14.3 Å². The third-order valence-corrected chi connectivity index (χ3v) is 6.66. The summed E-state index contributed by atoms with van der Waals surface area (Å²) in [5.41, 5.74) is 0.990. The van der Waals surface area contributed by atoms with Gasteiger partial charge in [0.05, 0.1) is 11.5 Å². The van der Waals surface area contributed by atoms with Crippen molar-refractivity contribution in [2.45, 2.75) is 45.6 Å². The molecule has 0 spiro atoms. The van der Waals surface area contributed by atoms with Crippen molar-refractivity contribution in [2.75, 3.05) is 6.61 Å². The first-order chi connectivity index (χ1) is 9.95. The molecule has 21 heavy (non-hydrogen) atoms. The molecule has 0 unspecified atom stereocenters. The maximum atomic E-state index is 12.2. The molecule has 3 heteroatoms. The first-order valence-corrected chi connectivity index (χ1v) is 8.04. The molecule has 2 saturated carbocycles. The quantitative estimate of drug-likeness (QED) is 0.687. The molecular weight excluding hydrogens is 264 g/mol. The number of hydrogen-bond donors (Lipinski definition) is 0. The van der Waals surface area contributed by atoms with Crippen LogP contribution in [0.4, 0.5) is 0 Å². The molecule has 3 aliphatic carbocycles. The van der Waals surface area contributed by atoms with Gasteiger partial charge in [0.15, 0.2) is 11.6 Å². The van der Waals surface area contributed by atoms with Crippen LogP contribution in [0.3, 0.4) is 0 Å². The molecular formula is C18H22O3. The van der Waals surface area contributed by atoms with E-state index in [0.717, 1.165) is 25.7 Å². The highest BCUT2D eigenvalue weighted by Gasteiger charge is 2.59. The van der Waals surface area contributed by atoms with Crippen LogP contribution >= 0.6 is 0 Å². The second-order valence-electron chi connectivity index (χ2n) is 7.61. The minimum Gasteiger partial charge on any atom is -0.369 e. The fraction of sp³-hybridized carbons (Fsp3) is 0.667. The van der Waals surface area contributed by atoms with Gasteiger partial charge in [-0.15, -0.1) is 0 Å². The zero-order valence-electron chi connectivity index (χ0n) is 12.7. The number of ketones is 2. The Morgan fingerprint density at radius 1 is 1.24 bits per heavy atom. The topological polar surface area (TPSA) is 43.4 Å². The molecule has 0 aromatic heterocycles. The lowest BCUT2D eigenvalue weighted by Gasteiger charge is -2.54. The number of ether oxygens (including phenoxy) is 1. The summed E-state index contributed by atoms with van der Waals surface area (Å²) in [5, 5.41) is 0. The standard InChI is InChI=1S/C18H22O3/c1-17-7-5-12(19)9-11(17)3-4-13-14(17)6-8-18(2)15(20)10-21-16(13)18/h5,7,9,13-14,16H,3-4,6,8,10H2,1-2H3/t13-,14+,16+,17+,18-/m1/s1. The van der Waals surface area contributed by atoms with E-state index in [1.165, 1.54) is 5.57 Å². The number of rotatable bonds is 0. The molecule has 112 valence electrons. The number of carbonyl (C=O) groups excluding carboxylic acids is 2. The van der Waals surface area contributed by atoms with E-state index in [4.69, 9.17) is 4.74 Å². The molecule has 0 aromatic carbocycles. The lowest BCUT2D eigenvalue weighted by atomic mass is 9.50. The van der Waals surface area contributed by atoms with Crippen molar-refractivity contribution in [3.63, 3.8) is 0 Å². The van der Waals surface area contributed by atoms with E-state index in [2.05, 4.69) is 19.9 Å². The Morgan fingerprint density at radius 3 is 2.86 bits per heavy atom. The largest absolute Gasteiger partial charge is 0.369 e. The number of hydrogen-bond acceptors (Lipinski definition) is 3. The Hall–Kier alpha value is -1.22. The number of carbonyl (C=O) groups is 2. The van der Waals surface area contributed by atoms with Gasteiger partial charge >= 0.3 is 0 Å². The third kappa shape index (κ3) is 1.64. The minimum absolute atomic E-state index is 0.0207. The Labute approximate surface area is 125 Å². The van der Waals surface area contributed by atoms with Crippen molar-refractivity contribution in [2.24, 2.45) is 22.7 Å². The highest BCUT2D eigenvalue weighted by Crippen LogP contribution is 2.60. The number of fused-ring (bicyclic) bond motifs is 5. The minimum atomic E-state index is -0.271. The molecule has 3 fully saturated rings. The smallest absolute Gasteiger partial charge is 0.178 e. The molecule has 1 saturated heterocycles.